The van der Waals surface area contributed by atoms with E-state index in [0.29, 0.717) is 18.1 Å². The van der Waals surface area contributed by atoms with Gasteiger partial charge >= 0.3 is 0 Å². The molecule has 1 saturated carbocycles. The second-order valence-corrected chi connectivity index (χ2v) is 5.70. The van der Waals surface area contributed by atoms with Crippen molar-refractivity contribution < 1.29 is 9.32 Å². The molecular weight excluding hydrogens is 204 g/mol. The van der Waals surface area contributed by atoms with Crippen molar-refractivity contribution >= 4 is 5.78 Å². The highest BCUT2D eigenvalue weighted by atomic mass is 16.5. The Bertz CT molecular complexity index is 390. The van der Waals surface area contributed by atoms with Gasteiger partial charge in [-0.05, 0) is 18.3 Å². The lowest BCUT2D eigenvalue weighted by Gasteiger charge is -2.14. The van der Waals surface area contributed by atoms with Gasteiger partial charge in [-0.25, -0.2) is 0 Å². The number of hydrogen-bond donors (Lipinski definition) is 0. The molecule has 1 aromatic rings. The SMILES string of the molecule is CC(C)(C)Cc1noc(C2CCCC2=O)n1. The monoisotopic (exact) mass is 222 g/mol. The van der Waals surface area contributed by atoms with Crippen LogP contribution in [0.15, 0.2) is 4.52 Å². The van der Waals surface area contributed by atoms with E-state index in [9.17, 15) is 4.79 Å². The molecule has 1 aliphatic carbocycles. The summed E-state index contributed by atoms with van der Waals surface area (Å²) in [6, 6.07) is 0. The van der Waals surface area contributed by atoms with Crippen LogP contribution in [-0.2, 0) is 11.2 Å². The molecule has 4 nitrogen and oxygen atoms in total. The number of carbonyl (C=O) groups is 1. The van der Waals surface area contributed by atoms with Gasteiger partial charge < -0.3 is 4.52 Å². The number of Topliss-reactive ketones (excluding diaryl/α,β-unsaturated/α-hetero) is 1. The molecule has 0 aliphatic heterocycles. The number of hydrogen-bond acceptors (Lipinski definition) is 4. The predicted octanol–water partition coefficient (Wildman–Crippen LogP) is 2.49. The summed E-state index contributed by atoms with van der Waals surface area (Å²) < 4.78 is 5.18. The molecule has 88 valence electrons. The van der Waals surface area contributed by atoms with Crippen LogP contribution in [0, 0.1) is 5.41 Å². The van der Waals surface area contributed by atoms with Gasteiger partial charge in [0.15, 0.2) is 5.82 Å². The Morgan fingerprint density at radius 1 is 1.44 bits per heavy atom. The van der Waals surface area contributed by atoms with Crippen molar-refractivity contribution in [2.24, 2.45) is 5.41 Å². The van der Waals surface area contributed by atoms with E-state index < -0.39 is 0 Å². The summed E-state index contributed by atoms with van der Waals surface area (Å²) >= 11 is 0. The molecule has 0 aromatic carbocycles. The molecule has 0 amide bonds. The van der Waals surface area contributed by atoms with E-state index in [1.807, 2.05) is 0 Å². The number of rotatable bonds is 2. The molecule has 0 saturated heterocycles. The van der Waals surface area contributed by atoms with Gasteiger partial charge in [0.2, 0.25) is 5.89 Å². The fourth-order valence-electron chi connectivity index (χ4n) is 2.03. The Kier molecular flexibility index (Phi) is 2.82. The standard InChI is InChI=1S/C12H18N2O2/c1-12(2,3)7-10-13-11(16-14-10)8-5-4-6-9(8)15/h8H,4-7H2,1-3H3. The summed E-state index contributed by atoms with van der Waals surface area (Å²) in [5.74, 6) is 1.33. The number of carbonyl (C=O) groups excluding carboxylic acids is 1. The normalized spacial score (nSPS) is 21.7. The van der Waals surface area contributed by atoms with Crippen molar-refractivity contribution in [3.63, 3.8) is 0 Å². The zero-order chi connectivity index (χ0) is 11.8. The van der Waals surface area contributed by atoms with Crippen molar-refractivity contribution in [2.45, 2.75) is 52.4 Å². The predicted molar refractivity (Wildman–Crippen MR) is 59.1 cm³/mol. The van der Waals surface area contributed by atoms with Gasteiger partial charge in [-0.15, -0.1) is 0 Å². The fraction of sp³-hybridized carbons (Fsp3) is 0.750. The Morgan fingerprint density at radius 3 is 2.75 bits per heavy atom. The third-order valence-corrected chi connectivity index (χ3v) is 2.77. The van der Waals surface area contributed by atoms with Crippen LogP contribution in [0.3, 0.4) is 0 Å². The first-order valence-electron chi connectivity index (χ1n) is 5.81. The molecule has 0 spiro atoms. The molecule has 1 unspecified atom stereocenters. The van der Waals surface area contributed by atoms with Crippen LogP contribution in [0.1, 0.15) is 57.7 Å². The van der Waals surface area contributed by atoms with E-state index in [2.05, 4.69) is 30.9 Å². The van der Waals surface area contributed by atoms with Crippen molar-refractivity contribution in [2.75, 3.05) is 0 Å². The third-order valence-electron chi connectivity index (χ3n) is 2.77. The Hall–Kier alpha value is -1.19. The van der Waals surface area contributed by atoms with Crippen LogP contribution in [0.4, 0.5) is 0 Å². The maximum Gasteiger partial charge on any atom is 0.237 e. The van der Waals surface area contributed by atoms with Gasteiger partial charge in [0, 0.05) is 12.8 Å². The van der Waals surface area contributed by atoms with Crippen molar-refractivity contribution in [1.82, 2.24) is 10.1 Å². The van der Waals surface area contributed by atoms with E-state index >= 15 is 0 Å². The quantitative estimate of drug-likeness (QED) is 0.771. The Morgan fingerprint density at radius 2 is 2.19 bits per heavy atom. The first-order valence-corrected chi connectivity index (χ1v) is 5.81. The minimum absolute atomic E-state index is 0.138. The summed E-state index contributed by atoms with van der Waals surface area (Å²) in [6.07, 6.45) is 3.23. The summed E-state index contributed by atoms with van der Waals surface area (Å²) in [4.78, 5) is 15.9. The molecule has 1 atom stereocenters. The van der Waals surface area contributed by atoms with Gasteiger partial charge in [0.1, 0.15) is 5.78 Å². The molecule has 4 heteroatoms. The Balaban J connectivity index is 2.10. The zero-order valence-corrected chi connectivity index (χ0v) is 10.1. The van der Waals surface area contributed by atoms with E-state index in [0.717, 1.165) is 19.3 Å². The van der Waals surface area contributed by atoms with Crippen LogP contribution < -0.4 is 0 Å². The molecule has 1 fully saturated rings. The highest BCUT2D eigenvalue weighted by Crippen LogP contribution is 2.30. The maximum absolute atomic E-state index is 11.5. The van der Waals surface area contributed by atoms with E-state index in [-0.39, 0.29) is 17.1 Å². The largest absolute Gasteiger partial charge is 0.339 e. The number of aromatic nitrogens is 2. The van der Waals surface area contributed by atoms with Crippen molar-refractivity contribution in [1.29, 1.82) is 0 Å². The van der Waals surface area contributed by atoms with Crippen LogP contribution in [-0.4, -0.2) is 15.9 Å². The molecule has 0 N–H and O–H groups in total. The average Bonchev–Trinajstić information content (AvgIpc) is 2.71. The lowest BCUT2D eigenvalue weighted by atomic mass is 9.92. The second kappa shape index (κ2) is 4.00. The first-order chi connectivity index (χ1) is 7.46. The lowest BCUT2D eigenvalue weighted by molar-refractivity contribution is -0.119. The van der Waals surface area contributed by atoms with E-state index in [4.69, 9.17) is 4.52 Å². The zero-order valence-electron chi connectivity index (χ0n) is 10.1. The molecule has 0 bridgehead atoms. The van der Waals surface area contributed by atoms with Crippen molar-refractivity contribution in [3.8, 4) is 0 Å². The summed E-state index contributed by atoms with van der Waals surface area (Å²) in [6.45, 7) is 6.39. The van der Waals surface area contributed by atoms with Gasteiger partial charge in [-0.3, -0.25) is 4.79 Å². The van der Waals surface area contributed by atoms with Crippen LogP contribution >= 0.6 is 0 Å². The molecule has 1 aliphatic rings. The molecule has 1 heterocycles. The average molecular weight is 222 g/mol. The minimum atomic E-state index is -0.138. The van der Waals surface area contributed by atoms with Gasteiger partial charge in [0.25, 0.3) is 0 Å². The van der Waals surface area contributed by atoms with Crippen LogP contribution in [0.5, 0.6) is 0 Å². The third kappa shape index (κ3) is 2.49. The maximum atomic E-state index is 11.5. The number of ketones is 1. The molecule has 2 rings (SSSR count). The van der Waals surface area contributed by atoms with Crippen LogP contribution in [0.25, 0.3) is 0 Å². The Labute approximate surface area is 95.4 Å². The van der Waals surface area contributed by atoms with E-state index in [1.165, 1.54) is 0 Å². The van der Waals surface area contributed by atoms with Gasteiger partial charge in [-0.2, -0.15) is 4.98 Å². The summed E-state index contributed by atoms with van der Waals surface area (Å²) in [7, 11) is 0. The highest BCUT2D eigenvalue weighted by molar-refractivity contribution is 5.86. The summed E-state index contributed by atoms with van der Waals surface area (Å²) in [5.41, 5.74) is 0.140. The summed E-state index contributed by atoms with van der Waals surface area (Å²) in [5, 5.41) is 3.94. The fourth-order valence-corrected chi connectivity index (χ4v) is 2.03. The lowest BCUT2D eigenvalue weighted by Crippen LogP contribution is -2.11. The van der Waals surface area contributed by atoms with Crippen molar-refractivity contribution in [3.05, 3.63) is 11.7 Å². The molecule has 16 heavy (non-hydrogen) atoms. The topological polar surface area (TPSA) is 56.0 Å². The smallest absolute Gasteiger partial charge is 0.237 e. The second-order valence-electron chi connectivity index (χ2n) is 5.70. The molecular formula is C12H18N2O2. The first kappa shape index (κ1) is 11.3. The van der Waals surface area contributed by atoms with Crippen LogP contribution in [0.2, 0.25) is 0 Å². The molecule has 1 aromatic heterocycles. The minimum Gasteiger partial charge on any atom is -0.339 e. The number of nitrogens with zero attached hydrogens (tertiary/aromatic N) is 2. The van der Waals surface area contributed by atoms with Gasteiger partial charge in [-0.1, -0.05) is 25.9 Å². The molecule has 0 radical (unpaired) electrons. The van der Waals surface area contributed by atoms with E-state index in [1.54, 1.807) is 0 Å². The highest BCUT2D eigenvalue weighted by Gasteiger charge is 2.31. The van der Waals surface area contributed by atoms with Gasteiger partial charge in [0.05, 0.1) is 5.92 Å².